The van der Waals surface area contributed by atoms with Crippen LogP contribution in [-0.2, 0) is 4.74 Å². The number of ketones is 1. The standard InChI is InChI=1S/C25H22N2O5/c1-15-12-22(17(3)27(15)24-13-16(2)32-26-24)23(29)14-31-25(30)20-6-4-18(5-7-20)19-8-10-21(28)11-9-19/h4-13,28H,14H2,1-3H3. The second-order valence-electron chi connectivity index (χ2n) is 7.54. The Kier molecular flexibility index (Phi) is 5.64. The summed E-state index contributed by atoms with van der Waals surface area (Å²) in [5, 5.41) is 13.4. The van der Waals surface area contributed by atoms with Crippen LogP contribution in [0.15, 0.2) is 65.2 Å². The number of esters is 1. The van der Waals surface area contributed by atoms with Gasteiger partial charge in [-0.2, -0.15) is 0 Å². The number of hydrogen-bond acceptors (Lipinski definition) is 6. The van der Waals surface area contributed by atoms with Crippen LogP contribution in [0.5, 0.6) is 5.75 Å². The topological polar surface area (TPSA) is 94.6 Å². The summed E-state index contributed by atoms with van der Waals surface area (Å²) in [5.74, 6) is 0.596. The van der Waals surface area contributed by atoms with Crippen molar-refractivity contribution in [2.24, 2.45) is 0 Å². The number of carbonyl (C=O) groups excluding carboxylic acids is 2. The molecule has 0 aliphatic carbocycles. The minimum Gasteiger partial charge on any atom is -0.508 e. The summed E-state index contributed by atoms with van der Waals surface area (Å²) >= 11 is 0. The highest BCUT2D eigenvalue weighted by atomic mass is 16.5. The minimum absolute atomic E-state index is 0.190. The summed E-state index contributed by atoms with van der Waals surface area (Å²) in [6.07, 6.45) is 0. The number of aromatic nitrogens is 2. The van der Waals surface area contributed by atoms with Crippen molar-refractivity contribution >= 4 is 11.8 Å². The van der Waals surface area contributed by atoms with E-state index < -0.39 is 5.97 Å². The third-order valence-electron chi connectivity index (χ3n) is 5.23. The Balaban J connectivity index is 1.43. The second-order valence-corrected chi connectivity index (χ2v) is 7.54. The molecule has 7 heteroatoms. The van der Waals surface area contributed by atoms with Crippen LogP contribution < -0.4 is 0 Å². The Morgan fingerprint density at radius 3 is 2.19 bits per heavy atom. The van der Waals surface area contributed by atoms with Crippen LogP contribution in [0.2, 0.25) is 0 Å². The van der Waals surface area contributed by atoms with Crippen LogP contribution in [0, 0.1) is 20.8 Å². The van der Waals surface area contributed by atoms with Crippen molar-refractivity contribution in [3.63, 3.8) is 0 Å². The number of phenols is 1. The predicted molar refractivity (Wildman–Crippen MR) is 118 cm³/mol. The van der Waals surface area contributed by atoms with Gasteiger partial charge in [-0.1, -0.05) is 29.4 Å². The molecule has 162 valence electrons. The molecule has 4 rings (SSSR count). The monoisotopic (exact) mass is 430 g/mol. The Bertz CT molecular complexity index is 1280. The number of aromatic hydroxyl groups is 1. The molecule has 2 heterocycles. The summed E-state index contributed by atoms with van der Waals surface area (Å²) in [5.41, 5.74) is 4.16. The lowest BCUT2D eigenvalue weighted by Gasteiger charge is -2.07. The number of Topliss-reactive ketones (excluding diaryl/α,β-unsaturated/α-hetero) is 1. The van der Waals surface area contributed by atoms with E-state index in [0.717, 1.165) is 16.8 Å². The molecule has 0 bridgehead atoms. The fourth-order valence-electron chi connectivity index (χ4n) is 3.60. The molecule has 0 atom stereocenters. The van der Waals surface area contributed by atoms with Gasteiger partial charge in [0, 0.05) is 23.0 Å². The number of nitrogens with zero attached hydrogens (tertiary/aromatic N) is 2. The first-order chi connectivity index (χ1) is 15.3. The molecule has 0 aliphatic heterocycles. The van der Waals surface area contributed by atoms with Crippen molar-refractivity contribution in [3.05, 3.63) is 88.9 Å². The van der Waals surface area contributed by atoms with E-state index in [-0.39, 0.29) is 18.1 Å². The highest BCUT2D eigenvalue weighted by molar-refractivity contribution is 6.00. The number of rotatable bonds is 6. The zero-order valence-electron chi connectivity index (χ0n) is 18.0. The number of aryl methyl sites for hydroxylation is 2. The Labute approximate surface area is 184 Å². The molecule has 4 aromatic rings. The molecule has 0 radical (unpaired) electrons. The van der Waals surface area contributed by atoms with Gasteiger partial charge in [0.2, 0.25) is 5.78 Å². The molecule has 2 aromatic heterocycles. The van der Waals surface area contributed by atoms with E-state index in [9.17, 15) is 14.7 Å². The van der Waals surface area contributed by atoms with Crippen LogP contribution in [-0.4, -0.2) is 33.2 Å². The van der Waals surface area contributed by atoms with Gasteiger partial charge in [0.25, 0.3) is 0 Å². The van der Waals surface area contributed by atoms with Gasteiger partial charge in [0.15, 0.2) is 12.4 Å². The van der Waals surface area contributed by atoms with E-state index in [1.54, 1.807) is 67.6 Å². The summed E-state index contributed by atoms with van der Waals surface area (Å²) in [4.78, 5) is 25.1. The lowest BCUT2D eigenvalue weighted by molar-refractivity contribution is 0.0474. The normalized spacial score (nSPS) is 10.8. The summed E-state index contributed by atoms with van der Waals surface area (Å²) in [6.45, 7) is 5.12. The molecule has 2 aromatic carbocycles. The van der Waals surface area contributed by atoms with E-state index in [1.165, 1.54) is 0 Å². The van der Waals surface area contributed by atoms with Crippen molar-refractivity contribution in [2.45, 2.75) is 20.8 Å². The summed E-state index contributed by atoms with van der Waals surface area (Å²) < 4.78 is 12.2. The fraction of sp³-hybridized carbons (Fsp3) is 0.160. The van der Waals surface area contributed by atoms with Crippen molar-refractivity contribution in [1.82, 2.24) is 9.72 Å². The molecule has 32 heavy (non-hydrogen) atoms. The molecular weight excluding hydrogens is 408 g/mol. The summed E-state index contributed by atoms with van der Waals surface area (Å²) in [6, 6.07) is 17.2. The fourth-order valence-corrected chi connectivity index (χ4v) is 3.60. The van der Waals surface area contributed by atoms with Gasteiger partial charge in [-0.25, -0.2) is 4.79 Å². The second kappa shape index (κ2) is 8.55. The maximum absolute atomic E-state index is 12.7. The zero-order chi connectivity index (χ0) is 22.8. The van der Waals surface area contributed by atoms with Gasteiger partial charge in [0.05, 0.1) is 5.56 Å². The van der Waals surface area contributed by atoms with E-state index in [1.807, 2.05) is 18.4 Å². The van der Waals surface area contributed by atoms with Crippen molar-refractivity contribution < 1.29 is 24.0 Å². The van der Waals surface area contributed by atoms with Gasteiger partial charge >= 0.3 is 5.97 Å². The quantitative estimate of drug-likeness (QED) is 0.349. The van der Waals surface area contributed by atoms with Crippen LogP contribution >= 0.6 is 0 Å². The maximum Gasteiger partial charge on any atom is 0.338 e. The largest absolute Gasteiger partial charge is 0.508 e. The first kappa shape index (κ1) is 21.1. The van der Waals surface area contributed by atoms with Crippen molar-refractivity contribution in [2.75, 3.05) is 6.61 Å². The number of phenolic OH excluding ortho intramolecular Hbond substituents is 1. The molecule has 0 aliphatic rings. The van der Waals surface area contributed by atoms with Crippen molar-refractivity contribution in [1.29, 1.82) is 0 Å². The third-order valence-corrected chi connectivity index (χ3v) is 5.23. The smallest absolute Gasteiger partial charge is 0.338 e. The first-order valence-electron chi connectivity index (χ1n) is 10.1. The third kappa shape index (κ3) is 4.18. The molecule has 0 saturated carbocycles. The van der Waals surface area contributed by atoms with E-state index in [4.69, 9.17) is 9.26 Å². The van der Waals surface area contributed by atoms with Crippen LogP contribution in [0.1, 0.15) is 37.9 Å². The van der Waals surface area contributed by atoms with E-state index in [0.29, 0.717) is 28.4 Å². The molecule has 0 fully saturated rings. The number of benzene rings is 2. The molecule has 7 nitrogen and oxygen atoms in total. The van der Waals surface area contributed by atoms with Gasteiger partial charge in [0.1, 0.15) is 11.5 Å². The van der Waals surface area contributed by atoms with E-state index >= 15 is 0 Å². The molecule has 0 amide bonds. The molecule has 1 N–H and O–H groups in total. The number of hydrogen-bond donors (Lipinski definition) is 1. The molecule has 0 saturated heterocycles. The van der Waals surface area contributed by atoms with Gasteiger partial charge in [-0.3, -0.25) is 9.36 Å². The Morgan fingerprint density at radius 1 is 0.969 bits per heavy atom. The average molecular weight is 430 g/mol. The summed E-state index contributed by atoms with van der Waals surface area (Å²) in [7, 11) is 0. The van der Waals surface area contributed by atoms with Gasteiger partial charge in [-0.05, 0) is 62.2 Å². The maximum atomic E-state index is 12.7. The minimum atomic E-state index is -0.573. The highest BCUT2D eigenvalue weighted by Gasteiger charge is 2.20. The Hall–Kier alpha value is -4.13. The number of carbonyl (C=O) groups is 2. The van der Waals surface area contributed by atoms with Gasteiger partial charge < -0.3 is 14.4 Å². The average Bonchev–Trinajstić information content (AvgIpc) is 3.34. The van der Waals surface area contributed by atoms with E-state index in [2.05, 4.69) is 5.16 Å². The lowest BCUT2D eigenvalue weighted by atomic mass is 10.0. The van der Waals surface area contributed by atoms with Gasteiger partial charge in [-0.15, -0.1) is 0 Å². The van der Waals surface area contributed by atoms with Crippen LogP contribution in [0.3, 0.4) is 0 Å². The molecule has 0 unspecified atom stereocenters. The van der Waals surface area contributed by atoms with Crippen LogP contribution in [0.4, 0.5) is 0 Å². The zero-order valence-corrected chi connectivity index (χ0v) is 18.0. The highest BCUT2D eigenvalue weighted by Crippen LogP contribution is 2.23. The number of ether oxygens (including phenoxy) is 1. The predicted octanol–water partition coefficient (Wildman–Crippen LogP) is 4.80. The van der Waals surface area contributed by atoms with Crippen LogP contribution in [0.25, 0.3) is 16.9 Å². The van der Waals surface area contributed by atoms with Crippen molar-refractivity contribution in [3.8, 4) is 22.7 Å². The molecular formula is C25H22N2O5. The molecule has 0 spiro atoms. The Morgan fingerprint density at radius 2 is 1.59 bits per heavy atom. The SMILES string of the molecule is Cc1cc(-n2c(C)cc(C(=O)COC(=O)c3ccc(-c4ccc(O)cc4)cc3)c2C)no1. The first-order valence-corrected chi connectivity index (χ1v) is 10.1. The lowest BCUT2D eigenvalue weighted by Crippen LogP contribution is -2.15.